The highest BCUT2D eigenvalue weighted by molar-refractivity contribution is 6.30. The van der Waals surface area contributed by atoms with E-state index in [-0.39, 0.29) is 5.02 Å². The Morgan fingerprint density at radius 1 is 1.27 bits per heavy atom. The molecule has 0 saturated heterocycles. The fraction of sp³-hybridized carbons (Fsp3) is 0.118. The van der Waals surface area contributed by atoms with Crippen LogP contribution >= 0.6 is 11.6 Å². The molecule has 5 nitrogen and oxygen atoms in total. The molecule has 0 unspecified atom stereocenters. The van der Waals surface area contributed by atoms with Crippen molar-refractivity contribution in [3.63, 3.8) is 0 Å². The summed E-state index contributed by atoms with van der Waals surface area (Å²) in [6.45, 7) is 0. The summed E-state index contributed by atoms with van der Waals surface area (Å²) in [6.07, 6.45) is 2.36. The number of aromatic nitrogens is 2. The highest BCUT2D eigenvalue weighted by Crippen LogP contribution is 2.32. The first-order chi connectivity index (χ1) is 12.2. The Bertz CT molecular complexity index is 1080. The van der Waals surface area contributed by atoms with E-state index in [0.29, 0.717) is 21.2 Å². The number of methoxy groups -OCH3 is 1. The van der Waals surface area contributed by atoms with Crippen LogP contribution in [0.2, 0.25) is 5.02 Å². The van der Waals surface area contributed by atoms with Crippen molar-refractivity contribution in [1.82, 2.24) is 9.55 Å². The second kappa shape index (κ2) is 6.45. The van der Waals surface area contributed by atoms with Crippen molar-refractivity contribution in [3.05, 3.63) is 64.6 Å². The Kier molecular flexibility index (Phi) is 4.45. The molecule has 0 fully saturated rings. The number of fused-ring (bicyclic) bond motifs is 1. The molecule has 0 aliphatic carbocycles. The zero-order valence-electron chi connectivity index (χ0n) is 13.4. The van der Waals surface area contributed by atoms with Crippen LogP contribution < -0.4 is 10.2 Å². The third-order valence-corrected chi connectivity index (χ3v) is 3.98. The standard InChI is InChI=1S/C17H12ClF3N4O/c1-26-12-5-9-4-10(2-3-14(9)24-7-12)17(20,21)16(23)25-8-11(18)6-13(19)15(25)22/h2-8,22-23H,1H3. The van der Waals surface area contributed by atoms with Crippen molar-refractivity contribution < 1.29 is 17.9 Å². The minimum atomic E-state index is -3.80. The molecular formula is C17H12ClF3N4O. The molecule has 3 aromatic rings. The van der Waals surface area contributed by atoms with Crippen molar-refractivity contribution in [2.45, 2.75) is 5.92 Å². The molecule has 2 N–H and O–H groups in total. The number of hydrogen-bond acceptors (Lipinski definition) is 4. The fourth-order valence-corrected chi connectivity index (χ4v) is 2.61. The van der Waals surface area contributed by atoms with Crippen molar-refractivity contribution in [1.29, 1.82) is 10.8 Å². The number of alkyl halides is 2. The molecule has 0 saturated carbocycles. The normalized spacial score (nSPS) is 11.6. The minimum Gasteiger partial charge on any atom is -0.495 e. The van der Waals surface area contributed by atoms with Gasteiger partial charge in [0.15, 0.2) is 17.1 Å². The average Bonchev–Trinajstić information content (AvgIpc) is 2.62. The smallest absolute Gasteiger partial charge is 0.329 e. The highest BCUT2D eigenvalue weighted by atomic mass is 35.5. The molecule has 0 amide bonds. The largest absolute Gasteiger partial charge is 0.495 e. The molecule has 26 heavy (non-hydrogen) atoms. The van der Waals surface area contributed by atoms with Crippen molar-refractivity contribution in [3.8, 4) is 5.75 Å². The Balaban J connectivity index is 2.11. The summed E-state index contributed by atoms with van der Waals surface area (Å²) in [5.74, 6) is -5.80. The van der Waals surface area contributed by atoms with E-state index in [1.807, 2.05) is 0 Å². The number of ether oxygens (including phenoxy) is 1. The Hall–Kier alpha value is -2.87. The summed E-state index contributed by atoms with van der Waals surface area (Å²) < 4.78 is 48.7. The molecule has 0 radical (unpaired) electrons. The lowest BCUT2D eigenvalue weighted by molar-refractivity contribution is 0.0706. The van der Waals surface area contributed by atoms with E-state index >= 15 is 0 Å². The number of nitrogens with zero attached hydrogens (tertiary/aromatic N) is 2. The molecular weight excluding hydrogens is 369 g/mol. The predicted molar refractivity (Wildman–Crippen MR) is 90.6 cm³/mol. The minimum absolute atomic E-state index is 0.202. The van der Waals surface area contributed by atoms with Gasteiger partial charge in [0.2, 0.25) is 0 Å². The lowest BCUT2D eigenvalue weighted by Gasteiger charge is -2.20. The van der Waals surface area contributed by atoms with Gasteiger partial charge in [0, 0.05) is 17.1 Å². The van der Waals surface area contributed by atoms with Gasteiger partial charge in [-0.2, -0.15) is 8.78 Å². The first-order valence-corrected chi connectivity index (χ1v) is 7.65. The van der Waals surface area contributed by atoms with E-state index in [4.69, 9.17) is 27.2 Å². The van der Waals surface area contributed by atoms with Crippen LogP contribution in [0, 0.1) is 16.6 Å². The van der Waals surface area contributed by atoms with Crippen molar-refractivity contribution in [2.75, 3.05) is 7.11 Å². The fourth-order valence-electron chi connectivity index (χ4n) is 2.41. The van der Waals surface area contributed by atoms with Crippen molar-refractivity contribution in [2.24, 2.45) is 0 Å². The first-order valence-electron chi connectivity index (χ1n) is 7.28. The summed E-state index contributed by atoms with van der Waals surface area (Å²) in [5, 5.41) is 15.6. The maximum Gasteiger partial charge on any atom is 0.329 e. The van der Waals surface area contributed by atoms with Gasteiger partial charge in [0.05, 0.1) is 23.8 Å². The van der Waals surface area contributed by atoms with E-state index in [2.05, 4.69) is 4.98 Å². The molecule has 0 atom stereocenters. The van der Waals surface area contributed by atoms with Crippen LogP contribution in [0.25, 0.3) is 10.9 Å². The molecule has 2 aromatic heterocycles. The van der Waals surface area contributed by atoms with Crippen LogP contribution in [0.3, 0.4) is 0 Å². The topological polar surface area (TPSA) is 74.8 Å². The van der Waals surface area contributed by atoms with E-state index < -0.39 is 28.6 Å². The molecule has 2 heterocycles. The zero-order valence-corrected chi connectivity index (χ0v) is 14.1. The van der Waals surface area contributed by atoms with Gasteiger partial charge >= 0.3 is 5.92 Å². The maximum atomic E-state index is 14.8. The van der Waals surface area contributed by atoms with Crippen LogP contribution in [0.5, 0.6) is 5.75 Å². The maximum absolute atomic E-state index is 14.8. The molecule has 0 aliphatic rings. The van der Waals surface area contributed by atoms with E-state index in [0.717, 1.165) is 18.3 Å². The third-order valence-electron chi connectivity index (χ3n) is 3.78. The first kappa shape index (κ1) is 17.9. The van der Waals surface area contributed by atoms with Crippen LogP contribution in [0.1, 0.15) is 5.56 Å². The van der Waals surface area contributed by atoms with Gasteiger partial charge in [0.1, 0.15) is 5.75 Å². The molecule has 1 aromatic carbocycles. The zero-order chi connectivity index (χ0) is 19.1. The number of rotatable bonds is 3. The van der Waals surface area contributed by atoms with Gasteiger partial charge < -0.3 is 4.74 Å². The second-order valence-corrected chi connectivity index (χ2v) is 5.87. The van der Waals surface area contributed by atoms with Crippen molar-refractivity contribution >= 4 is 28.3 Å². The number of nitrogens with one attached hydrogen (secondary N) is 2. The predicted octanol–water partition coefficient (Wildman–Crippen LogP) is 3.93. The monoisotopic (exact) mass is 380 g/mol. The number of benzene rings is 1. The summed E-state index contributed by atoms with van der Waals surface area (Å²) in [7, 11) is 1.43. The molecule has 134 valence electrons. The van der Waals surface area contributed by atoms with E-state index in [9.17, 15) is 13.2 Å². The SMILES string of the molecule is COc1cnc2ccc(C(F)(F)C(=N)n3cc(Cl)cc(F)c3=N)cc2c1. The molecule has 9 heteroatoms. The van der Waals surface area contributed by atoms with E-state index in [1.165, 1.54) is 31.5 Å². The van der Waals surface area contributed by atoms with Crippen LogP contribution in [-0.2, 0) is 5.92 Å². The molecule has 0 aliphatic heterocycles. The van der Waals surface area contributed by atoms with Gasteiger partial charge in [-0.1, -0.05) is 17.7 Å². The van der Waals surface area contributed by atoms with Crippen LogP contribution in [0.4, 0.5) is 13.2 Å². The van der Waals surface area contributed by atoms with E-state index in [1.54, 1.807) is 0 Å². The number of halogens is 4. The Morgan fingerprint density at radius 3 is 2.69 bits per heavy atom. The summed E-state index contributed by atoms with van der Waals surface area (Å²) in [6, 6.07) is 6.04. The number of pyridine rings is 2. The average molecular weight is 381 g/mol. The van der Waals surface area contributed by atoms with Crippen LogP contribution in [0.15, 0.2) is 42.7 Å². The Morgan fingerprint density at radius 2 is 2.00 bits per heavy atom. The van der Waals surface area contributed by atoms with Gasteiger partial charge in [-0.05, 0) is 24.3 Å². The van der Waals surface area contributed by atoms with Gasteiger partial charge in [-0.25, -0.2) is 4.39 Å². The third kappa shape index (κ3) is 3.03. The Labute approximate surface area is 150 Å². The lowest BCUT2D eigenvalue weighted by atomic mass is 10.0. The summed E-state index contributed by atoms with van der Waals surface area (Å²) >= 11 is 5.67. The molecule has 0 spiro atoms. The highest BCUT2D eigenvalue weighted by Gasteiger charge is 2.39. The number of hydrogen-bond donors (Lipinski definition) is 2. The molecule has 3 rings (SSSR count). The van der Waals surface area contributed by atoms with Gasteiger partial charge in [-0.15, -0.1) is 0 Å². The van der Waals surface area contributed by atoms with Crippen LogP contribution in [-0.4, -0.2) is 22.5 Å². The van der Waals surface area contributed by atoms with Gasteiger partial charge in [-0.3, -0.25) is 20.4 Å². The lowest BCUT2D eigenvalue weighted by Crippen LogP contribution is -2.38. The quantitative estimate of drug-likeness (QED) is 0.533. The molecule has 0 bridgehead atoms. The summed E-state index contributed by atoms with van der Waals surface area (Å²) in [4.78, 5) is 4.09. The van der Waals surface area contributed by atoms with Gasteiger partial charge in [0.25, 0.3) is 0 Å². The summed E-state index contributed by atoms with van der Waals surface area (Å²) in [5.41, 5.74) is -0.917. The second-order valence-electron chi connectivity index (χ2n) is 5.43.